The number of anilines is 6. The van der Waals surface area contributed by atoms with Crippen LogP contribution in [0.5, 0.6) is 5.75 Å². The lowest BCUT2D eigenvalue weighted by Gasteiger charge is -2.19. The number of nitrogens with zero attached hydrogens (tertiary/aromatic N) is 6. The first-order chi connectivity index (χ1) is 34.7. The Morgan fingerprint density at radius 2 is 0.986 bits per heavy atom. The number of aromatic nitrogens is 3. The van der Waals surface area contributed by atoms with Gasteiger partial charge in [-0.3, -0.25) is 43.7 Å². The smallest absolute Gasteiger partial charge is 0.259 e. The molecular formula is C57H59N9O7. The van der Waals surface area contributed by atoms with Crippen LogP contribution in [0.25, 0.3) is 0 Å². The van der Waals surface area contributed by atoms with Gasteiger partial charge in [0.2, 0.25) is 17.7 Å². The molecule has 0 spiro atoms. The summed E-state index contributed by atoms with van der Waals surface area (Å²) in [6, 6.07) is 26.0. The summed E-state index contributed by atoms with van der Waals surface area (Å²) in [4.78, 5) is 92.6. The minimum absolute atomic E-state index is 0.0387. The Labute approximate surface area is 424 Å². The average molecular weight is 982 g/mol. The van der Waals surface area contributed by atoms with Gasteiger partial charge in [0.25, 0.3) is 17.7 Å². The molecule has 3 aliphatic heterocycles. The van der Waals surface area contributed by atoms with Gasteiger partial charge in [-0.05, 0) is 158 Å². The maximum absolute atomic E-state index is 12.8. The first-order valence-electron chi connectivity index (χ1n) is 24.4. The summed E-state index contributed by atoms with van der Waals surface area (Å²) < 4.78 is 5.16. The van der Waals surface area contributed by atoms with Crippen molar-refractivity contribution < 1.29 is 33.5 Å². The molecule has 6 aromatic rings. The zero-order chi connectivity index (χ0) is 52.1. The van der Waals surface area contributed by atoms with Crippen LogP contribution in [0, 0.1) is 6.92 Å². The van der Waals surface area contributed by atoms with Gasteiger partial charge < -0.3 is 35.4 Å². The number of amides is 6. The van der Waals surface area contributed by atoms with E-state index in [9.17, 15) is 28.8 Å². The predicted octanol–water partition coefficient (Wildman–Crippen LogP) is 9.15. The van der Waals surface area contributed by atoms with Crippen LogP contribution in [0.15, 0.2) is 116 Å². The number of nitrogens with one attached hydrogen (secondary N) is 3. The third kappa shape index (κ3) is 9.52. The zero-order valence-corrected chi connectivity index (χ0v) is 42.5. The fraction of sp³-hybridized carbons (Fsp3) is 0.316. The van der Waals surface area contributed by atoms with Crippen LogP contribution in [0.3, 0.4) is 0 Å². The summed E-state index contributed by atoms with van der Waals surface area (Å²) in [6.45, 7) is 13.5. The summed E-state index contributed by atoms with van der Waals surface area (Å²) in [6.07, 6.45) is 12.0. The molecule has 3 aromatic carbocycles. The largest absolute Gasteiger partial charge is 0.494 e. The third-order valence-corrected chi connectivity index (χ3v) is 14.2. The number of ether oxygens (including phenoxy) is 1. The van der Waals surface area contributed by atoms with Crippen molar-refractivity contribution in [2.24, 2.45) is 0 Å². The number of hydrogen-bond acceptors (Lipinski definition) is 10. The quantitative estimate of drug-likeness (QED) is 0.126. The summed E-state index contributed by atoms with van der Waals surface area (Å²) in [5, 5.41) is 8.68. The second-order valence-electron chi connectivity index (χ2n) is 20.6. The van der Waals surface area contributed by atoms with E-state index in [1.54, 1.807) is 66.9 Å². The molecule has 6 amide bonds. The number of benzene rings is 3. The minimum Gasteiger partial charge on any atom is -0.494 e. The monoisotopic (exact) mass is 981 g/mol. The number of carbonyl (C=O) groups is 6. The number of hydrogen-bond donors (Lipinski definition) is 3. The van der Waals surface area contributed by atoms with Crippen LogP contribution in [-0.2, 0) is 30.6 Å². The molecule has 2 fully saturated rings. The average Bonchev–Trinajstić information content (AvgIpc) is 4.33. The van der Waals surface area contributed by atoms with Crippen molar-refractivity contribution in [3.8, 4) is 5.75 Å². The predicted molar refractivity (Wildman–Crippen MR) is 281 cm³/mol. The Bertz CT molecular complexity index is 3220. The highest BCUT2D eigenvalue weighted by Gasteiger charge is 2.50. The molecule has 0 atom stereocenters. The van der Waals surface area contributed by atoms with Crippen LogP contribution in [0.4, 0.5) is 34.1 Å². The first-order valence-corrected chi connectivity index (χ1v) is 24.4. The first kappa shape index (κ1) is 49.7. The molecule has 11 rings (SSSR count). The van der Waals surface area contributed by atoms with Crippen LogP contribution < -0.4 is 35.4 Å². The Kier molecular flexibility index (Phi) is 13.0. The molecule has 2 aliphatic carbocycles. The van der Waals surface area contributed by atoms with E-state index < -0.39 is 16.2 Å². The molecule has 16 nitrogen and oxygen atoms in total. The summed E-state index contributed by atoms with van der Waals surface area (Å²) in [5.41, 5.74) is 8.46. The number of rotatable bonds is 9. The standard InChI is InChI=1S/C20H21N3O2.C19H19N3O2.C18H19N3O3/c1-12-10-13(8-9-21-12)18(24)22-14-4-7-16-17(11-14)23(15-5-6-15)19(25)20(16,2)3;1-19(2)15-6-3-13(21-17(23)12-7-9-20-10-8-12)11-16(15)22(18(19)24)14-4-5-14;1-18(2)13-6-5-11(9-14(13)21(3)17(18)23)20-16(22)12-7-8-19-10-15(12)24-4/h4,7-11,15H,5-6H2,1-3H3,(H,22,24);3,6-11,14H,4-5H2,1-2H3,(H,21,23);5-10H,1-4H3,(H,20,22). The Morgan fingerprint density at radius 1 is 0.548 bits per heavy atom. The molecule has 6 heterocycles. The molecule has 16 heteroatoms. The van der Waals surface area contributed by atoms with Crippen molar-refractivity contribution in [1.29, 1.82) is 0 Å². The minimum atomic E-state index is -0.555. The van der Waals surface area contributed by atoms with E-state index in [1.807, 2.05) is 107 Å². The number of methoxy groups -OCH3 is 1. The summed E-state index contributed by atoms with van der Waals surface area (Å²) >= 11 is 0. The van der Waals surface area contributed by atoms with Gasteiger partial charge in [-0.1, -0.05) is 18.2 Å². The van der Waals surface area contributed by atoms with Gasteiger partial charge in [0.1, 0.15) is 5.75 Å². The molecule has 374 valence electrons. The van der Waals surface area contributed by atoms with Crippen molar-refractivity contribution in [3.05, 3.63) is 155 Å². The Morgan fingerprint density at radius 3 is 1.48 bits per heavy atom. The second kappa shape index (κ2) is 19.1. The van der Waals surface area contributed by atoms with Crippen molar-refractivity contribution in [1.82, 2.24) is 15.0 Å². The SMILES string of the molecule is CC1(C)C(=O)N(C2CC2)c2cc(NC(=O)c3ccncc3)ccc21.COc1cnccc1C(=O)Nc1ccc2c(c1)N(C)C(=O)C2(C)C.Cc1cc(C(=O)Nc2ccc3c(c2)N(C2CC2)C(=O)C3(C)C)ccn1. The molecule has 0 unspecified atom stereocenters. The van der Waals surface area contributed by atoms with E-state index in [0.29, 0.717) is 51.6 Å². The number of carbonyl (C=O) groups excluding carboxylic acids is 6. The maximum atomic E-state index is 12.8. The molecule has 0 bridgehead atoms. The molecule has 0 radical (unpaired) electrons. The highest BCUT2D eigenvalue weighted by atomic mass is 16.5. The van der Waals surface area contributed by atoms with Gasteiger partial charge in [0.05, 0.1) is 46.5 Å². The highest BCUT2D eigenvalue weighted by Crippen LogP contribution is 2.49. The highest BCUT2D eigenvalue weighted by molar-refractivity contribution is 6.12. The third-order valence-electron chi connectivity index (χ3n) is 14.2. The van der Waals surface area contributed by atoms with E-state index in [-0.39, 0.29) is 35.4 Å². The van der Waals surface area contributed by atoms with Crippen molar-refractivity contribution in [2.75, 3.05) is 44.8 Å². The van der Waals surface area contributed by atoms with Crippen LogP contribution in [0.1, 0.15) is 121 Å². The maximum Gasteiger partial charge on any atom is 0.259 e. The van der Waals surface area contributed by atoms with E-state index in [4.69, 9.17) is 4.74 Å². The molecule has 0 saturated heterocycles. The Hall–Kier alpha value is -8.27. The number of aryl methyl sites for hydroxylation is 1. The lowest BCUT2D eigenvalue weighted by molar-refractivity contribution is -0.122. The Balaban J connectivity index is 0.000000135. The van der Waals surface area contributed by atoms with Gasteiger partial charge in [0, 0.05) is 83.5 Å². The molecule has 5 aliphatic rings. The van der Waals surface area contributed by atoms with E-state index in [0.717, 1.165) is 65.1 Å². The van der Waals surface area contributed by atoms with Crippen LogP contribution in [-0.4, -0.2) is 76.6 Å². The van der Waals surface area contributed by atoms with E-state index in [1.165, 1.54) is 19.5 Å². The molecule has 3 aromatic heterocycles. The fourth-order valence-electron chi connectivity index (χ4n) is 9.70. The van der Waals surface area contributed by atoms with Crippen molar-refractivity contribution >= 4 is 69.6 Å². The van der Waals surface area contributed by atoms with Gasteiger partial charge >= 0.3 is 0 Å². The molecule has 3 N–H and O–H groups in total. The number of fused-ring (bicyclic) bond motifs is 3. The molecule has 2 saturated carbocycles. The fourth-order valence-corrected chi connectivity index (χ4v) is 9.70. The topological polar surface area (TPSA) is 196 Å². The van der Waals surface area contributed by atoms with Crippen LogP contribution in [0.2, 0.25) is 0 Å². The molecule has 73 heavy (non-hydrogen) atoms. The zero-order valence-electron chi connectivity index (χ0n) is 42.5. The van der Waals surface area contributed by atoms with Crippen molar-refractivity contribution in [3.63, 3.8) is 0 Å². The van der Waals surface area contributed by atoms with Gasteiger partial charge in [-0.25, -0.2) is 0 Å². The lowest BCUT2D eigenvalue weighted by atomic mass is 9.86. The van der Waals surface area contributed by atoms with Gasteiger partial charge in [-0.15, -0.1) is 0 Å². The van der Waals surface area contributed by atoms with E-state index >= 15 is 0 Å². The number of likely N-dealkylation sites (N-methyl/N-ethyl adjacent to an activating group) is 1. The lowest BCUT2D eigenvalue weighted by Crippen LogP contribution is -2.37. The van der Waals surface area contributed by atoms with E-state index in [2.05, 4.69) is 30.9 Å². The summed E-state index contributed by atoms with van der Waals surface area (Å²) in [5.74, 6) is 0.101. The molecular weight excluding hydrogens is 923 g/mol. The summed E-state index contributed by atoms with van der Waals surface area (Å²) in [7, 11) is 3.24. The second-order valence-corrected chi connectivity index (χ2v) is 20.6. The van der Waals surface area contributed by atoms with Crippen LogP contribution >= 0.6 is 0 Å². The normalized spacial score (nSPS) is 17.3. The van der Waals surface area contributed by atoms with Gasteiger partial charge in [0.15, 0.2) is 0 Å². The number of pyridine rings is 3. The van der Waals surface area contributed by atoms with Crippen molar-refractivity contribution in [2.45, 2.75) is 102 Å². The van der Waals surface area contributed by atoms with Gasteiger partial charge in [-0.2, -0.15) is 0 Å².